The van der Waals surface area contributed by atoms with Gasteiger partial charge in [0.1, 0.15) is 5.82 Å². The Balaban J connectivity index is 1.47. The van der Waals surface area contributed by atoms with Crippen LogP contribution in [0.25, 0.3) is 0 Å². The second-order valence-corrected chi connectivity index (χ2v) is 8.04. The minimum Gasteiger partial charge on any atom is -0.337 e. The highest BCUT2D eigenvalue weighted by atomic mass is 16.2. The topological polar surface area (TPSA) is 78.4 Å². The van der Waals surface area contributed by atoms with Crippen LogP contribution in [0.3, 0.4) is 0 Å². The van der Waals surface area contributed by atoms with Crippen LogP contribution in [0.4, 0.5) is 5.69 Å². The maximum atomic E-state index is 13.0. The monoisotopic (exact) mass is 393 g/mol. The first-order valence-electron chi connectivity index (χ1n) is 10.2. The Labute approximate surface area is 171 Å². The number of aromatic nitrogens is 2. The van der Waals surface area contributed by atoms with Crippen LogP contribution in [-0.2, 0) is 0 Å². The van der Waals surface area contributed by atoms with Gasteiger partial charge in [-0.2, -0.15) is 0 Å². The van der Waals surface area contributed by atoms with E-state index in [4.69, 9.17) is 0 Å². The third-order valence-corrected chi connectivity index (χ3v) is 5.62. The minimum absolute atomic E-state index is 0.00733. The summed E-state index contributed by atoms with van der Waals surface area (Å²) in [6.07, 6.45) is 6.37. The number of hydrogen-bond donors (Lipinski definition) is 1. The SMILES string of the molecule is Cc1ccc(C(=O)N2CCCN(C)CC2)cc1NC(=O)c1cnc(C2CC2)nc1. The lowest BCUT2D eigenvalue weighted by molar-refractivity contribution is 0.0762. The fraction of sp³-hybridized carbons (Fsp3) is 0.455. The Kier molecular flexibility index (Phi) is 5.58. The van der Waals surface area contributed by atoms with Crippen LogP contribution in [0, 0.1) is 6.92 Å². The summed E-state index contributed by atoms with van der Waals surface area (Å²) < 4.78 is 0. The van der Waals surface area contributed by atoms with Gasteiger partial charge >= 0.3 is 0 Å². The molecule has 0 atom stereocenters. The number of carbonyl (C=O) groups is 2. The number of aryl methyl sites for hydroxylation is 1. The van der Waals surface area contributed by atoms with Crippen LogP contribution < -0.4 is 5.32 Å². The van der Waals surface area contributed by atoms with E-state index in [2.05, 4.69) is 27.2 Å². The molecule has 2 aromatic rings. The first kappa shape index (κ1) is 19.5. The number of carbonyl (C=O) groups excluding carboxylic acids is 2. The Morgan fingerprint density at radius 2 is 1.79 bits per heavy atom. The van der Waals surface area contributed by atoms with Gasteiger partial charge in [-0.3, -0.25) is 9.59 Å². The first-order valence-corrected chi connectivity index (χ1v) is 10.2. The summed E-state index contributed by atoms with van der Waals surface area (Å²) in [6.45, 7) is 5.26. The number of amides is 2. The van der Waals surface area contributed by atoms with Crippen LogP contribution in [0.1, 0.15) is 57.3 Å². The zero-order valence-corrected chi connectivity index (χ0v) is 17.0. The second kappa shape index (κ2) is 8.29. The summed E-state index contributed by atoms with van der Waals surface area (Å²) >= 11 is 0. The summed E-state index contributed by atoms with van der Waals surface area (Å²) in [6, 6.07) is 5.47. The molecule has 152 valence electrons. The molecular formula is C22H27N5O2. The van der Waals surface area contributed by atoms with Crippen molar-refractivity contribution in [2.24, 2.45) is 0 Å². The van der Waals surface area contributed by atoms with Gasteiger partial charge in [0, 0.05) is 49.2 Å². The summed E-state index contributed by atoms with van der Waals surface area (Å²) in [5, 5.41) is 2.91. The molecule has 2 aliphatic rings. The van der Waals surface area contributed by atoms with Crippen molar-refractivity contribution in [3.05, 3.63) is 53.1 Å². The zero-order valence-electron chi connectivity index (χ0n) is 17.0. The van der Waals surface area contributed by atoms with Crippen molar-refractivity contribution in [1.82, 2.24) is 19.8 Å². The third kappa shape index (κ3) is 4.62. The summed E-state index contributed by atoms with van der Waals surface area (Å²) in [5.74, 6) is 1.01. The number of nitrogens with zero attached hydrogens (tertiary/aromatic N) is 4. The average molecular weight is 393 g/mol. The van der Waals surface area contributed by atoms with E-state index in [1.54, 1.807) is 18.5 Å². The molecule has 29 heavy (non-hydrogen) atoms. The highest BCUT2D eigenvalue weighted by molar-refractivity contribution is 6.05. The van der Waals surface area contributed by atoms with Crippen molar-refractivity contribution in [2.75, 3.05) is 38.5 Å². The second-order valence-electron chi connectivity index (χ2n) is 8.04. The van der Waals surface area contributed by atoms with Crippen LogP contribution in [0.15, 0.2) is 30.6 Å². The fourth-order valence-corrected chi connectivity index (χ4v) is 3.52. The van der Waals surface area contributed by atoms with E-state index in [0.29, 0.717) is 22.7 Å². The molecule has 1 N–H and O–H groups in total. The molecule has 2 fully saturated rings. The third-order valence-electron chi connectivity index (χ3n) is 5.62. The Morgan fingerprint density at radius 1 is 1.03 bits per heavy atom. The van der Waals surface area contributed by atoms with E-state index in [-0.39, 0.29) is 11.8 Å². The minimum atomic E-state index is -0.267. The summed E-state index contributed by atoms with van der Waals surface area (Å²) in [7, 11) is 2.08. The van der Waals surface area contributed by atoms with Crippen molar-refractivity contribution in [1.29, 1.82) is 0 Å². The Hall–Kier alpha value is -2.80. The molecule has 2 heterocycles. The van der Waals surface area contributed by atoms with Gasteiger partial charge in [-0.1, -0.05) is 6.07 Å². The number of nitrogens with one attached hydrogen (secondary N) is 1. The molecule has 1 aromatic heterocycles. The zero-order chi connectivity index (χ0) is 20.4. The number of rotatable bonds is 4. The molecular weight excluding hydrogens is 366 g/mol. The van der Waals surface area contributed by atoms with E-state index in [1.807, 2.05) is 24.0 Å². The Morgan fingerprint density at radius 3 is 2.52 bits per heavy atom. The molecule has 7 heteroatoms. The van der Waals surface area contributed by atoms with Crippen molar-refractivity contribution in [2.45, 2.75) is 32.1 Å². The van der Waals surface area contributed by atoms with Crippen molar-refractivity contribution in [3.8, 4) is 0 Å². The van der Waals surface area contributed by atoms with Gasteiger partial charge in [-0.15, -0.1) is 0 Å². The maximum absolute atomic E-state index is 13.0. The predicted octanol–water partition coefficient (Wildman–Crippen LogP) is 2.69. The molecule has 7 nitrogen and oxygen atoms in total. The molecule has 1 saturated carbocycles. The predicted molar refractivity (Wildman–Crippen MR) is 111 cm³/mol. The van der Waals surface area contributed by atoms with Gasteiger partial charge in [0.25, 0.3) is 11.8 Å². The van der Waals surface area contributed by atoms with E-state index in [1.165, 1.54) is 0 Å². The lowest BCUT2D eigenvalue weighted by Gasteiger charge is -2.21. The average Bonchev–Trinajstić information content (AvgIpc) is 3.57. The van der Waals surface area contributed by atoms with Crippen molar-refractivity contribution < 1.29 is 9.59 Å². The van der Waals surface area contributed by atoms with Gasteiger partial charge in [-0.05, 0) is 57.5 Å². The molecule has 4 rings (SSSR count). The normalized spacial score (nSPS) is 17.7. The number of benzene rings is 1. The van der Waals surface area contributed by atoms with Gasteiger partial charge < -0.3 is 15.1 Å². The smallest absolute Gasteiger partial charge is 0.258 e. The highest BCUT2D eigenvalue weighted by Crippen LogP contribution is 2.37. The molecule has 0 spiro atoms. The molecule has 1 saturated heterocycles. The lowest BCUT2D eigenvalue weighted by atomic mass is 10.1. The Bertz CT molecular complexity index is 908. The molecule has 1 aliphatic heterocycles. The lowest BCUT2D eigenvalue weighted by Crippen LogP contribution is -2.34. The van der Waals surface area contributed by atoms with Gasteiger partial charge in [0.05, 0.1) is 5.56 Å². The highest BCUT2D eigenvalue weighted by Gasteiger charge is 2.26. The van der Waals surface area contributed by atoms with Crippen LogP contribution in [0.2, 0.25) is 0 Å². The van der Waals surface area contributed by atoms with E-state index in [0.717, 1.165) is 56.8 Å². The number of hydrogen-bond acceptors (Lipinski definition) is 5. The van der Waals surface area contributed by atoms with Crippen molar-refractivity contribution in [3.63, 3.8) is 0 Å². The largest absolute Gasteiger partial charge is 0.337 e. The van der Waals surface area contributed by atoms with E-state index < -0.39 is 0 Å². The molecule has 2 amide bonds. The molecule has 1 aliphatic carbocycles. The van der Waals surface area contributed by atoms with Gasteiger partial charge in [-0.25, -0.2) is 9.97 Å². The number of likely N-dealkylation sites (N-methyl/N-ethyl adjacent to an activating group) is 1. The number of anilines is 1. The van der Waals surface area contributed by atoms with Gasteiger partial charge in [0.2, 0.25) is 0 Å². The standard InChI is InChI=1S/C22H27N5O2/c1-15-4-5-17(22(29)27-9-3-8-26(2)10-11-27)12-19(15)25-21(28)18-13-23-20(24-14-18)16-6-7-16/h4-5,12-14,16H,3,6-11H2,1-2H3,(H,25,28). The van der Waals surface area contributed by atoms with Gasteiger partial charge in [0.15, 0.2) is 0 Å². The van der Waals surface area contributed by atoms with Crippen molar-refractivity contribution >= 4 is 17.5 Å². The van der Waals surface area contributed by atoms with Crippen LogP contribution >= 0.6 is 0 Å². The van der Waals surface area contributed by atoms with E-state index in [9.17, 15) is 9.59 Å². The molecule has 0 bridgehead atoms. The van der Waals surface area contributed by atoms with Crippen LogP contribution in [-0.4, -0.2) is 64.8 Å². The van der Waals surface area contributed by atoms with E-state index >= 15 is 0 Å². The van der Waals surface area contributed by atoms with Crippen LogP contribution in [0.5, 0.6) is 0 Å². The molecule has 0 radical (unpaired) electrons. The molecule has 0 unspecified atom stereocenters. The maximum Gasteiger partial charge on any atom is 0.258 e. The summed E-state index contributed by atoms with van der Waals surface area (Å²) in [5.41, 5.74) is 2.55. The first-order chi connectivity index (χ1) is 14.0. The fourth-order valence-electron chi connectivity index (χ4n) is 3.52. The quantitative estimate of drug-likeness (QED) is 0.864. The summed E-state index contributed by atoms with van der Waals surface area (Å²) in [4.78, 5) is 38.4. The molecule has 1 aromatic carbocycles.